The highest BCUT2D eigenvalue weighted by molar-refractivity contribution is 5.89. The van der Waals surface area contributed by atoms with Crippen molar-refractivity contribution in [3.63, 3.8) is 0 Å². The third kappa shape index (κ3) is 2.54. The molecule has 5 nitrogen and oxygen atoms in total. The van der Waals surface area contributed by atoms with Crippen LogP contribution in [-0.4, -0.2) is 41.0 Å². The average Bonchev–Trinajstić information content (AvgIpc) is 2.41. The van der Waals surface area contributed by atoms with Crippen LogP contribution in [0.4, 0.5) is 11.8 Å². The molecule has 0 aliphatic carbocycles. The molecule has 0 amide bonds. The molecule has 5 heteroatoms. The molecule has 0 bridgehead atoms. The Morgan fingerprint density at radius 3 is 2.90 bits per heavy atom. The van der Waals surface area contributed by atoms with Crippen molar-refractivity contribution in [1.29, 1.82) is 0 Å². The first-order valence-corrected chi connectivity index (χ1v) is 7.11. The molecule has 3 rings (SSSR count). The fourth-order valence-electron chi connectivity index (χ4n) is 2.95. The summed E-state index contributed by atoms with van der Waals surface area (Å²) in [6, 6.07) is 8.42. The first kappa shape index (κ1) is 13.1. The first-order valence-electron chi connectivity index (χ1n) is 7.11. The van der Waals surface area contributed by atoms with Crippen LogP contribution in [0.2, 0.25) is 0 Å². The van der Waals surface area contributed by atoms with E-state index in [9.17, 15) is 0 Å². The van der Waals surface area contributed by atoms with Gasteiger partial charge in [0.25, 0.3) is 0 Å². The molecule has 20 heavy (non-hydrogen) atoms. The number of para-hydroxylation sites is 1. The molecule has 1 aromatic carbocycles. The smallest absolute Gasteiger partial charge is 0.222 e. The minimum absolute atomic E-state index is 0.326. The number of nitrogens with zero attached hydrogens (tertiary/aromatic N) is 3. The van der Waals surface area contributed by atoms with Crippen LogP contribution in [-0.2, 0) is 0 Å². The number of hydrogen-bond donors (Lipinski definition) is 2. The molecule has 0 saturated carbocycles. The van der Waals surface area contributed by atoms with Crippen LogP contribution in [0.3, 0.4) is 0 Å². The maximum atomic E-state index is 5.82. The quantitative estimate of drug-likeness (QED) is 0.874. The maximum absolute atomic E-state index is 5.82. The zero-order valence-corrected chi connectivity index (χ0v) is 12.0. The van der Waals surface area contributed by atoms with Crippen LogP contribution >= 0.6 is 0 Å². The highest BCUT2D eigenvalue weighted by Crippen LogP contribution is 2.25. The van der Waals surface area contributed by atoms with Gasteiger partial charge < -0.3 is 16.0 Å². The van der Waals surface area contributed by atoms with Crippen molar-refractivity contribution in [1.82, 2.24) is 14.9 Å². The van der Waals surface area contributed by atoms with Crippen molar-refractivity contribution in [2.24, 2.45) is 5.92 Å². The highest BCUT2D eigenvalue weighted by Gasteiger charge is 2.24. The first-order chi connectivity index (χ1) is 9.63. The van der Waals surface area contributed by atoms with E-state index in [1.807, 2.05) is 24.3 Å². The van der Waals surface area contributed by atoms with E-state index < -0.39 is 0 Å². The molecule has 1 aliphatic rings. The van der Waals surface area contributed by atoms with Gasteiger partial charge in [-0.2, -0.15) is 4.98 Å². The lowest BCUT2D eigenvalue weighted by Gasteiger charge is -2.35. The number of rotatable bonds is 2. The molecular weight excluding hydrogens is 250 g/mol. The number of likely N-dealkylation sites (tertiary alicyclic amines) is 1. The third-order valence-corrected chi connectivity index (χ3v) is 4.05. The van der Waals surface area contributed by atoms with Crippen LogP contribution in [0.1, 0.15) is 13.3 Å². The minimum atomic E-state index is 0.326. The van der Waals surface area contributed by atoms with Crippen LogP contribution in [0.5, 0.6) is 0 Å². The van der Waals surface area contributed by atoms with E-state index in [2.05, 4.69) is 34.2 Å². The molecule has 1 fully saturated rings. The molecule has 1 aromatic heterocycles. The van der Waals surface area contributed by atoms with Crippen molar-refractivity contribution in [3.8, 4) is 0 Å². The van der Waals surface area contributed by atoms with E-state index in [0.29, 0.717) is 17.9 Å². The van der Waals surface area contributed by atoms with Gasteiger partial charge in [-0.3, -0.25) is 0 Å². The Kier molecular flexibility index (Phi) is 3.44. The second kappa shape index (κ2) is 5.25. The number of nitrogens with two attached hydrogens (primary N) is 1. The summed E-state index contributed by atoms with van der Waals surface area (Å²) in [5, 5.41) is 4.61. The largest absolute Gasteiger partial charge is 0.368 e. The summed E-state index contributed by atoms with van der Waals surface area (Å²) in [6.45, 7) is 4.50. The lowest BCUT2D eigenvalue weighted by molar-refractivity contribution is 0.206. The molecule has 2 atom stereocenters. The minimum Gasteiger partial charge on any atom is -0.368 e. The zero-order valence-electron chi connectivity index (χ0n) is 12.0. The Morgan fingerprint density at radius 2 is 2.10 bits per heavy atom. The van der Waals surface area contributed by atoms with Crippen molar-refractivity contribution < 1.29 is 0 Å². The summed E-state index contributed by atoms with van der Waals surface area (Å²) < 4.78 is 0. The normalized spacial score (nSPS) is 23.9. The van der Waals surface area contributed by atoms with E-state index in [0.717, 1.165) is 36.2 Å². The van der Waals surface area contributed by atoms with E-state index in [1.165, 1.54) is 0 Å². The Bertz CT molecular complexity index is 612. The van der Waals surface area contributed by atoms with Crippen molar-refractivity contribution in [3.05, 3.63) is 24.3 Å². The number of nitrogens with one attached hydrogen (secondary N) is 1. The number of hydrogen-bond acceptors (Lipinski definition) is 5. The third-order valence-electron chi connectivity index (χ3n) is 4.05. The Balaban J connectivity index is 1.90. The van der Waals surface area contributed by atoms with E-state index in [4.69, 9.17) is 5.73 Å². The second-order valence-corrected chi connectivity index (χ2v) is 5.73. The van der Waals surface area contributed by atoms with Gasteiger partial charge in [-0.1, -0.05) is 19.1 Å². The predicted molar refractivity (Wildman–Crippen MR) is 82.6 cm³/mol. The van der Waals surface area contributed by atoms with Crippen LogP contribution in [0, 0.1) is 5.92 Å². The number of aromatic nitrogens is 2. The number of benzene rings is 1. The average molecular weight is 271 g/mol. The Hall–Kier alpha value is -1.88. The molecule has 3 N–H and O–H groups in total. The Morgan fingerprint density at radius 1 is 1.30 bits per heavy atom. The summed E-state index contributed by atoms with van der Waals surface area (Å²) in [5.74, 6) is 1.77. The summed E-state index contributed by atoms with van der Waals surface area (Å²) in [6.07, 6.45) is 1.12. The van der Waals surface area contributed by atoms with Gasteiger partial charge in [0.2, 0.25) is 5.95 Å². The highest BCUT2D eigenvalue weighted by atomic mass is 15.1. The molecule has 0 spiro atoms. The van der Waals surface area contributed by atoms with E-state index >= 15 is 0 Å². The molecule has 0 radical (unpaired) electrons. The molecule has 1 aliphatic heterocycles. The van der Waals surface area contributed by atoms with Gasteiger partial charge in [-0.25, -0.2) is 4.98 Å². The van der Waals surface area contributed by atoms with Gasteiger partial charge in [0.15, 0.2) is 0 Å². The lowest BCUT2D eigenvalue weighted by atomic mass is 9.94. The molecule has 1 saturated heterocycles. The van der Waals surface area contributed by atoms with Gasteiger partial charge >= 0.3 is 0 Å². The number of piperidine rings is 1. The summed E-state index contributed by atoms with van der Waals surface area (Å²) in [7, 11) is 2.17. The summed E-state index contributed by atoms with van der Waals surface area (Å²) in [5.41, 5.74) is 6.71. The molecule has 2 heterocycles. The van der Waals surface area contributed by atoms with Gasteiger partial charge in [-0.15, -0.1) is 0 Å². The van der Waals surface area contributed by atoms with E-state index in [-0.39, 0.29) is 0 Å². The van der Waals surface area contributed by atoms with Crippen LogP contribution in [0.25, 0.3) is 10.9 Å². The summed E-state index contributed by atoms with van der Waals surface area (Å²) >= 11 is 0. The fraction of sp³-hybridized carbons (Fsp3) is 0.467. The zero-order chi connectivity index (χ0) is 14.1. The van der Waals surface area contributed by atoms with Crippen LogP contribution < -0.4 is 11.1 Å². The molecule has 106 valence electrons. The van der Waals surface area contributed by atoms with Gasteiger partial charge in [0.05, 0.1) is 5.52 Å². The monoisotopic (exact) mass is 271 g/mol. The van der Waals surface area contributed by atoms with Crippen LogP contribution in [0.15, 0.2) is 24.3 Å². The van der Waals surface area contributed by atoms with Gasteiger partial charge in [0, 0.05) is 18.0 Å². The lowest BCUT2D eigenvalue weighted by Crippen LogP contribution is -2.43. The molecule has 2 unspecified atom stereocenters. The fourth-order valence-corrected chi connectivity index (χ4v) is 2.95. The van der Waals surface area contributed by atoms with Crippen molar-refractivity contribution in [2.45, 2.75) is 19.4 Å². The number of anilines is 2. The molecular formula is C15H21N5. The van der Waals surface area contributed by atoms with Crippen molar-refractivity contribution in [2.75, 3.05) is 31.2 Å². The maximum Gasteiger partial charge on any atom is 0.222 e. The molecule has 2 aromatic rings. The standard InChI is InChI=1S/C15H21N5/c1-10-9-20(2)8-7-12(10)17-14-11-5-3-4-6-13(11)18-15(16)19-14/h3-6,10,12H,7-9H2,1-2H3,(H3,16,17,18,19). The SMILES string of the molecule is CC1CN(C)CCC1Nc1nc(N)nc2ccccc12. The predicted octanol–water partition coefficient (Wildman–Crippen LogP) is 1.96. The number of nitrogen functional groups attached to an aromatic ring is 1. The van der Waals surface area contributed by atoms with Crippen molar-refractivity contribution >= 4 is 22.7 Å². The summed E-state index contributed by atoms with van der Waals surface area (Å²) in [4.78, 5) is 11.0. The topological polar surface area (TPSA) is 67.1 Å². The second-order valence-electron chi connectivity index (χ2n) is 5.73. The van der Waals surface area contributed by atoms with E-state index in [1.54, 1.807) is 0 Å². The van der Waals surface area contributed by atoms with Gasteiger partial charge in [0.1, 0.15) is 5.82 Å². The van der Waals surface area contributed by atoms with Gasteiger partial charge in [-0.05, 0) is 38.1 Å². The number of fused-ring (bicyclic) bond motifs is 1. The Labute approximate surface area is 119 Å².